The topological polar surface area (TPSA) is 49.8 Å². The molecule has 2 aliphatic rings. The summed E-state index contributed by atoms with van der Waals surface area (Å²) in [6.07, 6.45) is 8.53. The predicted octanol–water partition coefficient (Wildman–Crippen LogP) is 1.82. The summed E-state index contributed by atoms with van der Waals surface area (Å²) in [6.45, 7) is 1.80. The molecule has 4 heteroatoms. The molecule has 1 aromatic rings. The lowest BCUT2D eigenvalue weighted by Gasteiger charge is -2.22. The first kappa shape index (κ1) is 10.0. The number of hydrogen-bond acceptors (Lipinski definition) is 4. The molecule has 0 atom stereocenters. The van der Waals surface area contributed by atoms with Crippen LogP contribution in [-0.2, 0) is 13.1 Å². The van der Waals surface area contributed by atoms with Crippen LogP contribution in [0.4, 0.5) is 5.95 Å². The Morgan fingerprint density at radius 3 is 2.94 bits per heavy atom. The Balaban J connectivity index is 1.69. The third-order valence-electron chi connectivity index (χ3n) is 3.50. The van der Waals surface area contributed by atoms with Crippen molar-refractivity contribution in [3.05, 3.63) is 17.5 Å². The Morgan fingerprint density at radius 2 is 2.06 bits per heavy atom. The Kier molecular flexibility index (Phi) is 2.74. The summed E-state index contributed by atoms with van der Waals surface area (Å²) in [6, 6.07) is 0.584. The highest BCUT2D eigenvalue weighted by molar-refractivity contribution is 5.32. The van der Waals surface area contributed by atoms with E-state index in [1.807, 2.05) is 6.20 Å². The fourth-order valence-electron chi connectivity index (χ4n) is 2.56. The molecule has 86 valence electrons. The van der Waals surface area contributed by atoms with E-state index in [0.29, 0.717) is 6.04 Å². The van der Waals surface area contributed by atoms with Crippen molar-refractivity contribution in [1.82, 2.24) is 15.3 Å². The number of fused-ring (bicyclic) bond motifs is 1. The summed E-state index contributed by atoms with van der Waals surface area (Å²) in [5, 5.41) is 6.75. The Morgan fingerprint density at radius 1 is 1.19 bits per heavy atom. The van der Waals surface area contributed by atoms with Gasteiger partial charge in [0.05, 0.1) is 5.69 Å². The molecule has 1 aliphatic heterocycles. The van der Waals surface area contributed by atoms with Crippen molar-refractivity contribution in [1.29, 1.82) is 0 Å². The highest BCUT2D eigenvalue weighted by Crippen LogP contribution is 2.21. The average molecular weight is 218 g/mol. The van der Waals surface area contributed by atoms with Crippen molar-refractivity contribution in [2.24, 2.45) is 0 Å². The molecule has 0 spiro atoms. The molecule has 16 heavy (non-hydrogen) atoms. The molecular weight excluding hydrogens is 200 g/mol. The van der Waals surface area contributed by atoms with E-state index in [-0.39, 0.29) is 0 Å². The van der Waals surface area contributed by atoms with Crippen LogP contribution in [0.2, 0.25) is 0 Å². The van der Waals surface area contributed by atoms with Crippen molar-refractivity contribution in [2.45, 2.75) is 51.2 Å². The van der Waals surface area contributed by atoms with E-state index in [9.17, 15) is 0 Å². The van der Waals surface area contributed by atoms with Crippen LogP contribution in [0.25, 0.3) is 0 Å². The van der Waals surface area contributed by atoms with Gasteiger partial charge in [0.2, 0.25) is 5.95 Å². The van der Waals surface area contributed by atoms with Gasteiger partial charge < -0.3 is 10.6 Å². The quantitative estimate of drug-likeness (QED) is 0.795. The van der Waals surface area contributed by atoms with E-state index in [2.05, 4.69) is 20.6 Å². The van der Waals surface area contributed by atoms with Crippen LogP contribution in [0.5, 0.6) is 0 Å². The number of nitrogens with zero attached hydrogens (tertiary/aromatic N) is 2. The summed E-state index contributed by atoms with van der Waals surface area (Å²) in [5.74, 6) is 0.814. The van der Waals surface area contributed by atoms with Crippen LogP contribution in [0, 0.1) is 0 Å². The summed E-state index contributed by atoms with van der Waals surface area (Å²) in [7, 11) is 0. The van der Waals surface area contributed by atoms with E-state index in [1.54, 1.807) is 0 Å². The molecule has 2 N–H and O–H groups in total. The molecule has 0 unspecified atom stereocenters. The Hall–Kier alpha value is -1.16. The lowest BCUT2D eigenvalue weighted by Crippen LogP contribution is -2.23. The van der Waals surface area contributed by atoms with Crippen molar-refractivity contribution < 1.29 is 0 Å². The van der Waals surface area contributed by atoms with Crippen LogP contribution < -0.4 is 10.6 Å². The third-order valence-corrected chi connectivity index (χ3v) is 3.50. The van der Waals surface area contributed by atoms with Gasteiger partial charge >= 0.3 is 0 Å². The summed E-state index contributed by atoms with van der Waals surface area (Å²) < 4.78 is 0. The standard InChI is InChI=1S/C12H18N4/c1-2-4-10(5-3-1)15-12-14-7-9-6-13-8-11(9)16-12/h7,10,13H,1-6,8H2,(H,14,15,16). The first-order chi connectivity index (χ1) is 7.92. The van der Waals surface area contributed by atoms with Crippen molar-refractivity contribution in [3.8, 4) is 0 Å². The molecule has 0 aromatic carbocycles. The van der Waals surface area contributed by atoms with Gasteiger partial charge in [0.1, 0.15) is 0 Å². The van der Waals surface area contributed by atoms with Gasteiger partial charge in [0.25, 0.3) is 0 Å². The number of aromatic nitrogens is 2. The lowest BCUT2D eigenvalue weighted by molar-refractivity contribution is 0.460. The minimum atomic E-state index is 0.584. The van der Waals surface area contributed by atoms with Crippen LogP contribution in [0.3, 0.4) is 0 Å². The van der Waals surface area contributed by atoms with Gasteiger partial charge in [-0.05, 0) is 12.8 Å². The first-order valence-electron chi connectivity index (χ1n) is 6.24. The molecule has 0 saturated heterocycles. The van der Waals surface area contributed by atoms with Gasteiger partial charge in [0.15, 0.2) is 0 Å². The average Bonchev–Trinajstić information content (AvgIpc) is 2.77. The number of hydrogen-bond donors (Lipinski definition) is 2. The molecule has 1 fully saturated rings. The second-order valence-electron chi connectivity index (χ2n) is 4.75. The molecule has 0 amide bonds. The zero-order valence-electron chi connectivity index (χ0n) is 9.50. The molecular formula is C12H18N4. The molecule has 4 nitrogen and oxygen atoms in total. The maximum absolute atomic E-state index is 4.56. The maximum atomic E-state index is 4.56. The SMILES string of the molecule is c1nc(NC2CCCCC2)nc2c1CNC2. The van der Waals surface area contributed by atoms with Gasteiger partial charge in [0, 0.05) is 30.9 Å². The van der Waals surface area contributed by atoms with Crippen LogP contribution in [0.15, 0.2) is 6.20 Å². The number of nitrogens with one attached hydrogen (secondary N) is 2. The van der Waals surface area contributed by atoms with Crippen LogP contribution in [0.1, 0.15) is 43.4 Å². The second kappa shape index (κ2) is 4.37. The minimum Gasteiger partial charge on any atom is -0.351 e. The molecule has 3 rings (SSSR count). The monoisotopic (exact) mass is 218 g/mol. The van der Waals surface area contributed by atoms with Crippen molar-refractivity contribution >= 4 is 5.95 Å². The zero-order chi connectivity index (χ0) is 10.8. The van der Waals surface area contributed by atoms with Crippen LogP contribution >= 0.6 is 0 Å². The van der Waals surface area contributed by atoms with E-state index in [1.165, 1.54) is 37.7 Å². The van der Waals surface area contributed by atoms with E-state index in [4.69, 9.17) is 0 Å². The molecule has 1 aromatic heterocycles. The normalized spacial score (nSPS) is 20.8. The van der Waals surface area contributed by atoms with Gasteiger partial charge in [-0.25, -0.2) is 9.97 Å². The number of anilines is 1. The highest BCUT2D eigenvalue weighted by atomic mass is 15.1. The van der Waals surface area contributed by atoms with Crippen LogP contribution in [-0.4, -0.2) is 16.0 Å². The second-order valence-corrected chi connectivity index (χ2v) is 4.75. The number of rotatable bonds is 2. The minimum absolute atomic E-state index is 0.584. The van der Waals surface area contributed by atoms with Crippen molar-refractivity contribution in [3.63, 3.8) is 0 Å². The van der Waals surface area contributed by atoms with E-state index >= 15 is 0 Å². The Labute approximate surface area is 95.9 Å². The fraction of sp³-hybridized carbons (Fsp3) is 0.667. The van der Waals surface area contributed by atoms with Gasteiger partial charge in [-0.1, -0.05) is 19.3 Å². The Bertz CT molecular complexity index is 371. The van der Waals surface area contributed by atoms with Gasteiger partial charge in [-0.2, -0.15) is 0 Å². The molecule has 2 heterocycles. The third kappa shape index (κ3) is 2.02. The fourth-order valence-corrected chi connectivity index (χ4v) is 2.56. The zero-order valence-corrected chi connectivity index (χ0v) is 9.50. The van der Waals surface area contributed by atoms with Crippen molar-refractivity contribution in [2.75, 3.05) is 5.32 Å². The van der Waals surface area contributed by atoms with Gasteiger partial charge in [-0.15, -0.1) is 0 Å². The van der Waals surface area contributed by atoms with Gasteiger partial charge in [-0.3, -0.25) is 0 Å². The summed E-state index contributed by atoms with van der Waals surface area (Å²) in [4.78, 5) is 8.94. The van der Waals surface area contributed by atoms with E-state index in [0.717, 1.165) is 24.7 Å². The first-order valence-corrected chi connectivity index (χ1v) is 6.24. The largest absolute Gasteiger partial charge is 0.351 e. The maximum Gasteiger partial charge on any atom is 0.223 e. The highest BCUT2D eigenvalue weighted by Gasteiger charge is 2.16. The lowest BCUT2D eigenvalue weighted by atomic mass is 9.96. The molecule has 0 radical (unpaired) electrons. The molecule has 1 saturated carbocycles. The molecule has 1 aliphatic carbocycles. The smallest absolute Gasteiger partial charge is 0.223 e. The van der Waals surface area contributed by atoms with E-state index < -0.39 is 0 Å². The molecule has 0 bridgehead atoms. The predicted molar refractivity (Wildman–Crippen MR) is 63.1 cm³/mol. The summed E-state index contributed by atoms with van der Waals surface area (Å²) >= 11 is 0. The summed E-state index contributed by atoms with van der Waals surface area (Å²) in [5.41, 5.74) is 2.41.